The van der Waals surface area contributed by atoms with Crippen molar-refractivity contribution in [3.63, 3.8) is 0 Å². The van der Waals surface area contributed by atoms with Crippen LogP contribution in [0.15, 0.2) is 66.7 Å². The third kappa shape index (κ3) is 4.81. The lowest BCUT2D eigenvalue weighted by molar-refractivity contribution is -0.385. The van der Waals surface area contributed by atoms with Gasteiger partial charge in [-0.25, -0.2) is 8.78 Å². The molecule has 7 nitrogen and oxygen atoms in total. The monoisotopic (exact) mass is 505 g/mol. The Bertz CT molecular complexity index is 1360. The largest absolute Gasteiger partial charge is 0.336 e. The van der Waals surface area contributed by atoms with E-state index in [1.807, 2.05) is 12.1 Å². The summed E-state index contributed by atoms with van der Waals surface area (Å²) >= 11 is 0. The first-order chi connectivity index (χ1) is 17.8. The van der Waals surface area contributed by atoms with E-state index in [-0.39, 0.29) is 17.3 Å². The van der Waals surface area contributed by atoms with Crippen molar-refractivity contribution in [2.75, 3.05) is 19.6 Å². The predicted molar refractivity (Wildman–Crippen MR) is 132 cm³/mol. The van der Waals surface area contributed by atoms with Crippen molar-refractivity contribution in [2.24, 2.45) is 0 Å². The highest BCUT2D eigenvalue weighted by Gasteiger charge is 2.50. The van der Waals surface area contributed by atoms with Crippen LogP contribution in [0, 0.1) is 21.7 Å². The van der Waals surface area contributed by atoms with E-state index >= 15 is 0 Å². The number of carbonyl (C=O) groups is 2. The molecule has 2 saturated heterocycles. The maximum Gasteiger partial charge on any atom is 0.272 e. The van der Waals surface area contributed by atoms with Gasteiger partial charge in [-0.1, -0.05) is 24.3 Å². The molecule has 2 aliphatic rings. The summed E-state index contributed by atoms with van der Waals surface area (Å²) in [4.78, 5) is 40.0. The van der Waals surface area contributed by atoms with Crippen LogP contribution in [0.3, 0.4) is 0 Å². The number of halogens is 2. The molecule has 0 saturated carbocycles. The van der Waals surface area contributed by atoms with Gasteiger partial charge in [0.05, 0.1) is 22.1 Å². The van der Waals surface area contributed by atoms with Crippen molar-refractivity contribution in [3.8, 4) is 0 Å². The molecule has 0 N–H and O–H groups in total. The minimum atomic E-state index is -0.925. The molecule has 2 amide bonds. The summed E-state index contributed by atoms with van der Waals surface area (Å²) in [5.74, 6) is -1.86. The average molecular weight is 506 g/mol. The highest BCUT2D eigenvalue weighted by atomic mass is 19.1. The second kappa shape index (κ2) is 9.72. The standard InChI is InChI=1S/C28H25F2N3O4/c29-22-8-4-20(5-9-22)16-19-2-6-21(7-3-19)26(34)31-14-1-12-28(18-31)13-15-32(28)27(35)24-11-10-23(33(36)37)17-25(24)30/h2-11,17H,1,12-16,18H2. The smallest absolute Gasteiger partial charge is 0.272 e. The number of benzene rings is 3. The fourth-order valence-electron chi connectivity index (χ4n) is 5.29. The molecule has 0 aromatic heterocycles. The van der Waals surface area contributed by atoms with Gasteiger partial charge in [-0.2, -0.15) is 0 Å². The zero-order chi connectivity index (χ0) is 26.2. The fraction of sp³-hybridized carbons (Fsp3) is 0.286. The molecule has 0 radical (unpaired) electrons. The Labute approximate surface area is 212 Å². The third-order valence-electron chi connectivity index (χ3n) is 7.38. The van der Waals surface area contributed by atoms with Gasteiger partial charge in [0, 0.05) is 31.3 Å². The molecule has 0 bridgehead atoms. The van der Waals surface area contributed by atoms with Gasteiger partial charge in [0.25, 0.3) is 17.5 Å². The molecule has 2 aliphatic heterocycles. The van der Waals surface area contributed by atoms with Gasteiger partial charge in [-0.05, 0) is 67.1 Å². The number of piperidine rings is 1. The fourth-order valence-corrected chi connectivity index (χ4v) is 5.29. The highest BCUT2D eigenvalue weighted by molar-refractivity contribution is 5.97. The molecule has 190 valence electrons. The first-order valence-corrected chi connectivity index (χ1v) is 12.1. The van der Waals surface area contributed by atoms with E-state index in [9.17, 15) is 28.5 Å². The predicted octanol–water partition coefficient (Wildman–Crippen LogP) is 4.98. The van der Waals surface area contributed by atoms with Crippen molar-refractivity contribution in [1.82, 2.24) is 9.80 Å². The minimum Gasteiger partial charge on any atom is -0.336 e. The van der Waals surface area contributed by atoms with Crippen molar-refractivity contribution in [1.29, 1.82) is 0 Å². The van der Waals surface area contributed by atoms with Gasteiger partial charge in [0.1, 0.15) is 11.6 Å². The van der Waals surface area contributed by atoms with E-state index < -0.39 is 27.9 Å². The van der Waals surface area contributed by atoms with Gasteiger partial charge in [-0.15, -0.1) is 0 Å². The van der Waals surface area contributed by atoms with Crippen LogP contribution in [0.5, 0.6) is 0 Å². The number of likely N-dealkylation sites (tertiary alicyclic amines) is 2. The molecule has 37 heavy (non-hydrogen) atoms. The molecule has 2 heterocycles. The third-order valence-corrected chi connectivity index (χ3v) is 7.38. The second-order valence-electron chi connectivity index (χ2n) is 9.68. The van der Waals surface area contributed by atoms with E-state index in [1.165, 1.54) is 12.1 Å². The first-order valence-electron chi connectivity index (χ1n) is 12.1. The van der Waals surface area contributed by atoms with E-state index in [1.54, 1.807) is 34.1 Å². The molecule has 1 spiro atoms. The summed E-state index contributed by atoms with van der Waals surface area (Å²) in [7, 11) is 0. The summed E-state index contributed by atoms with van der Waals surface area (Å²) in [6, 6.07) is 16.7. The number of hydrogen-bond donors (Lipinski definition) is 0. The van der Waals surface area contributed by atoms with Crippen molar-refractivity contribution in [2.45, 2.75) is 31.2 Å². The Morgan fingerprint density at radius 3 is 2.16 bits per heavy atom. The summed E-state index contributed by atoms with van der Waals surface area (Å²) in [5, 5.41) is 10.9. The Morgan fingerprint density at radius 2 is 1.57 bits per heavy atom. The van der Waals surface area contributed by atoms with Crippen molar-refractivity contribution >= 4 is 17.5 Å². The number of rotatable bonds is 5. The van der Waals surface area contributed by atoms with Gasteiger partial charge in [-0.3, -0.25) is 19.7 Å². The van der Waals surface area contributed by atoms with Crippen molar-refractivity contribution in [3.05, 3.63) is 111 Å². The summed E-state index contributed by atoms with van der Waals surface area (Å²) in [6.45, 7) is 1.35. The van der Waals surface area contributed by atoms with Gasteiger partial charge < -0.3 is 9.80 Å². The second-order valence-corrected chi connectivity index (χ2v) is 9.68. The molecular weight excluding hydrogens is 480 g/mol. The van der Waals surface area contributed by atoms with Crippen LogP contribution in [-0.2, 0) is 6.42 Å². The zero-order valence-electron chi connectivity index (χ0n) is 20.0. The van der Waals surface area contributed by atoms with E-state index in [2.05, 4.69) is 0 Å². The highest BCUT2D eigenvalue weighted by Crippen LogP contribution is 2.40. The van der Waals surface area contributed by atoms with Gasteiger partial charge >= 0.3 is 0 Å². The summed E-state index contributed by atoms with van der Waals surface area (Å²) in [5.41, 5.74) is 1.33. The topological polar surface area (TPSA) is 83.8 Å². The van der Waals surface area contributed by atoms with Crippen LogP contribution in [-0.4, -0.2) is 51.7 Å². The molecule has 3 aromatic carbocycles. The SMILES string of the molecule is O=C(c1ccc(Cc2ccc(F)cc2)cc1)N1CCCC2(CCN2C(=O)c2ccc([N+](=O)[O-])cc2F)C1. The van der Waals surface area contributed by atoms with Crippen LogP contribution in [0.1, 0.15) is 51.1 Å². The Kier molecular flexibility index (Phi) is 6.45. The van der Waals surface area contributed by atoms with Crippen LogP contribution in [0.4, 0.5) is 14.5 Å². The number of nitro benzene ring substituents is 1. The maximum atomic E-state index is 14.5. The summed E-state index contributed by atoms with van der Waals surface area (Å²) < 4.78 is 27.7. The lowest BCUT2D eigenvalue weighted by atomic mass is 9.77. The Hall–Kier alpha value is -4.14. The summed E-state index contributed by atoms with van der Waals surface area (Å²) in [6.07, 6.45) is 2.74. The molecular formula is C28H25F2N3O4. The molecule has 9 heteroatoms. The average Bonchev–Trinajstić information content (AvgIpc) is 2.89. The Balaban J connectivity index is 1.27. The van der Waals surface area contributed by atoms with Crippen molar-refractivity contribution < 1.29 is 23.3 Å². The number of carbonyl (C=O) groups excluding carboxylic acids is 2. The quantitative estimate of drug-likeness (QED) is 0.362. The van der Waals surface area contributed by atoms with Crippen LogP contribution in [0.25, 0.3) is 0 Å². The van der Waals surface area contributed by atoms with Gasteiger partial charge in [0.2, 0.25) is 0 Å². The van der Waals surface area contributed by atoms with E-state index in [0.717, 1.165) is 29.3 Å². The molecule has 1 unspecified atom stereocenters. The molecule has 5 rings (SSSR count). The first kappa shape index (κ1) is 24.5. The lowest BCUT2D eigenvalue weighted by Crippen LogP contribution is -2.69. The number of nitrogens with zero attached hydrogens (tertiary/aromatic N) is 3. The lowest BCUT2D eigenvalue weighted by Gasteiger charge is -2.57. The van der Waals surface area contributed by atoms with Crippen LogP contribution >= 0.6 is 0 Å². The Morgan fingerprint density at radius 1 is 0.892 bits per heavy atom. The number of amides is 2. The molecule has 3 aromatic rings. The number of nitro groups is 1. The maximum absolute atomic E-state index is 14.5. The van der Waals surface area contributed by atoms with Gasteiger partial charge in [0.15, 0.2) is 0 Å². The number of non-ortho nitro benzene ring substituents is 1. The zero-order valence-corrected chi connectivity index (χ0v) is 20.0. The van der Waals surface area contributed by atoms with E-state index in [4.69, 9.17) is 0 Å². The minimum absolute atomic E-state index is 0.131. The van der Waals surface area contributed by atoms with Crippen LogP contribution in [0.2, 0.25) is 0 Å². The normalized spacial score (nSPS) is 19.0. The van der Waals surface area contributed by atoms with Crippen LogP contribution < -0.4 is 0 Å². The molecule has 2 fully saturated rings. The van der Waals surface area contributed by atoms with E-state index in [0.29, 0.717) is 50.9 Å². The molecule has 1 atom stereocenters. The number of hydrogen-bond acceptors (Lipinski definition) is 4. The molecule has 0 aliphatic carbocycles.